The molecule has 0 radical (unpaired) electrons. The molecule has 0 amide bonds. The van der Waals surface area contributed by atoms with Crippen LogP contribution in [-0.4, -0.2) is 70.4 Å². The van der Waals surface area contributed by atoms with Crippen molar-refractivity contribution in [3.8, 4) is 12.5 Å². The Labute approximate surface area is 257 Å². The molecule has 0 aliphatic carbocycles. The van der Waals surface area contributed by atoms with Crippen LogP contribution in [0.15, 0.2) is 45.7 Å². The smallest absolute Gasteiger partial charge is 0.297 e. The van der Waals surface area contributed by atoms with Gasteiger partial charge in [-0.05, 0) is 37.5 Å². The lowest BCUT2D eigenvalue weighted by molar-refractivity contribution is -0.101. The number of para-hydroxylation sites is 1. The van der Waals surface area contributed by atoms with Crippen LogP contribution in [0.2, 0.25) is 5.02 Å². The lowest BCUT2D eigenvalue weighted by Gasteiger charge is -2.46. The van der Waals surface area contributed by atoms with Crippen LogP contribution in [0.5, 0.6) is 0 Å². The number of aliphatic hydroxyl groups is 1. The molecule has 7 rings (SSSR count). The Balaban J connectivity index is 0.000000161. The van der Waals surface area contributed by atoms with E-state index in [0.29, 0.717) is 53.1 Å². The third kappa shape index (κ3) is 6.36. The van der Waals surface area contributed by atoms with E-state index in [1.165, 1.54) is 18.4 Å². The molecule has 2 unspecified atom stereocenters. The summed E-state index contributed by atoms with van der Waals surface area (Å²) in [6.07, 6.45) is 6.49. The Morgan fingerprint density at radius 1 is 1.20 bits per heavy atom. The first-order valence-corrected chi connectivity index (χ1v) is 14.8. The van der Waals surface area contributed by atoms with Gasteiger partial charge in [-0.25, -0.2) is 23.1 Å². The van der Waals surface area contributed by atoms with Crippen molar-refractivity contribution in [2.75, 3.05) is 44.3 Å². The van der Waals surface area contributed by atoms with E-state index in [1.54, 1.807) is 0 Å². The number of ether oxygens (including phenoxy) is 1. The fraction of sp³-hybridized carbons (Fsp3) is 0.452. The molecule has 3 aliphatic heterocycles. The number of pyridine rings is 1. The highest BCUT2D eigenvalue weighted by molar-refractivity contribution is 6.30. The number of H-pyrrole nitrogens is 1. The molecule has 9 nitrogen and oxygen atoms in total. The van der Waals surface area contributed by atoms with Gasteiger partial charge in [0.2, 0.25) is 0 Å². The monoisotopic (exact) mass is 631 g/mol. The summed E-state index contributed by atoms with van der Waals surface area (Å²) in [4.78, 5) is 26.7. The summed E-state index contributed by atoms with van der Waals surface area (Å²) >= 11 is 5.89. The van der Waals surface area contributed by atoms with Crippen molar-refractivity contribution in [1.82, 2.24) is 19.9 Å². The van der Waals surface area contributed by atoms with Crippen molar-refractivity contribution in [2.24, 2.45) is 5.92 Å². The number of hydrogen-bond donors (Lipinski definition) is 2. The number of halogens is 4. The number of nitrogens with zero attached hydrogens (tertiary/aromatic N) is 4. The second-order valence-electron chi connectivity index (χ2n) is 11.1. The first kappa shape index (κ1) is 31.6. The van der Waals surface area contributed by atoms with Crippen molar-refractivity contribution in [3.05, 3.63) is 63.3 Å². The Kier molecular flexibility index (Phi) is 9.68. The second kappa shape index (κ2) is 13.5. The predicted octanol–water partition coefficient (Wildman–Crippen LogP) is 5.80. The lowest BCUT2D eigenvalue weighted by Crippen LogP contribution is -2.57. The van der Waals surface area contributed by atoms with Gasteiger partial charge in [0.15, 0.2) is 17.2 Å². The zero-order valence-corrected chi connectivity index (χ0v) is 24.9. The molecule has 2 N–H and O–H groups in total. The normalized spacial score (nSPS) is 22.2. The zero-order valence-electron chi connectivity index (χ0n) is 24.1. The molecule has 6 heterocycles. The number of aromatic amines is 1. The van der Waals surface area contributed by atoms with E-state index in [1.807, 2.05) is 36.1 Å². The Bertz CT molecular complexity index is 1700. The van der Waals surface area contributed by atoms with E-state index in [0.717, 1.165) is 44.5 Å². The van der Waals surface area contributed by atoms with Crippen LogP contribution >= 0.6 is 11.6 Å². The maximum absolute atomic E-state index is 15.4. The Morgan fingerprint density at radius 3 is 2.55 bits per heavy atom. The minimum atomic E-state index is -2.69. The Morgan fingerprint density at radius 2 is 1.91 bits per heavy atom. The summed E-state index contributed by atoms with van der Waals surface area (Å²) in [5.74, 6) is -0.198. The largest absolute Gasteiger partial charge is 0.462 e. The fourth-order valence-electron chi connectivity index (χ4n) is 5.91. The van der Waals surface area contributed by atoms with Crippen molar-refractivity contribution < 1.29 is 27.4 Å². The molecule has 2 atom stereocenters. The van der Waals surface area contributed by atoms with Crippen LogP contribution in [0.1, 0.15) is 44.0 Å². The molecule has 1 aromatic carbocycles. The maximum atomic E-state index is 15.4. The molecule has 3 saturated heterocycles. The highest BCUT2D eigenvalue weighted by atomic mass is 35.5. The number of piperidine rings is 1. The second-order valence-corrected chi connectivity index (χ2v) is 11.5. The van der Waals surface area contributed by atoms with E-state index < -0.39 is 17.9 Å². The van der Waals surface area contributed by atoms with Crippen LogP contribution in [0.4, 0.5) is 19.0 Å². The number of benzene rings is 1. The summed E-state index contributed by atoms with van der Waals surface area (Å²) in [6, 6.07) is 9.20. The van der Waals surface area contributed by atoms with E-state index >= 15 is 4.39 Å². The van der Waals surface area contributed by atoms with Gasteiger partial charge in [0.1, 0.15) is 22.9 Å². The van der Waals surface area contributed by atoms with Gasteiger partial charge in [0, 0.05) is 43.7 Å². The van der Waals surface area contributed by atoms with Gasteiger partial charge in [-0.3, -0.25) is 9.69 Å². The molecule has 0 bridgehead atoms. The van der Waals surface area contributed by atoms with Crippen LogP contribution in [0, 0.1) is 18.4 Å². The minimum absolute atomic E-state index is 0.155. The van der Waals surface area contributed by atoms with Crippen LogP contribution < -0.4 is 10.5 Å². The standard InChI is InChI=1S/C15H13F2N3O.C14H18ClFN2O2.C2H2O/c16-13(17)14-18-11-9-5-1-2-6-10(9)21-12(11)15(19-14)20-7-3-4-8-20;1-9-6-18(11-7-20-8-11)3-2-14(9,16)12-4-10(15)5-17-13(12)19;1-2-3/h1-2,5-6,13H,3-4,7-8H2;4-5,9,11H,2-3,6-8H2,1H3,(H,17,19);1,3H. The molecule has 0 saturated carbocycles. The number of rotatable bonds is 4. The van der Waals surface area contributed by atoms with Gasteiger partial charge in [-0.1, -0.05) is 37.1 Å². The number of aromatic nitrogens is 3. The van der Waals surface area contributed by atoms with Crippen LogP contribution in [0.3, 0.4) is 0 Å². The number of furan rings is 1. The van der Waals surface area contributed by atoms with Crippen molar-refractivity contribution in [3.63, 3.8) is 0 Å². The average molecular weight is 632 g/mol. The summed E-state index contributed by atoms with van der Waals surface area (Å²) in [7, 11) is 0. The Hall–Kier alpha value is -3.79. The summed E-state index contributed by atoms with van der Waals surface area (Å²) in [5, 5.41) is 8.20. The summed E-state index contributed by atoms with van der Waals surface area (Å²) in [6.45, 7) is 6.20. The number of aliphatic hydroxyl groups excluding tert-OH is 1. The first-order valence-electron chi connectivity index (χ1n) is 14.4. The van der Waals surface area contributed by atoms with Crippen LogP contribution in [-0.2, 0) is 10.4 Å². The maximum Gasteiger partial charge on any atom is 0.297 e. The van der Waals surface area contributed by atoms with E-state index in [-0.39, 0.29) is 17.0 Å². The molecule has 13 heteroatoms. The molecular weight excluding hydrogens is 599 g/mol. The van der Waals surface area contributed by atoms with Crippen molar-refractivity contribution in [2.45, 2.75) is 44.3 Å². The molecule has 234 valence electrons. The molecule has 44 heavy (non-hydrogen) atoms. The fourth-order valence-corrected chi connectivity index (χ4v) is 6.07. The molecule has 3 fully saturated rings. The molecule has 4 aromatic rings. The van der Waals surface area contributed by atoms with E-state index in [2.05, 4.69) is 26.3 Å². The predicted molar refractivity (Wildman–Crippen MR) is 161 cm³/mol. The van der Waals surface area contributed by atoms with Gasteiger partial charge in [-0.2, -0.15) is 0 Å². The topological polar surface area (TPSA) is 108 Å². The number of alkyl halides is 3. The number of fused-ring (bicyclic) bond motifs is 3. The van der Waals surface area contributed by atoms with Gasteiger partial charge in [0.25, 0.3) is 12.0 Å². The highest BCUT2D eigenvalue weighted by Gasteiger charge is 2.46. The van der Waals surface area contributed by atoms with Gasteiger partial charge in [-0.15, -0.1) is 0 Å². The van der Waals surface area contributed by atoms with Crippen LogP contribution in [0.25, 0.3) is 22.1 Å². The van der Waals surface area contributed by atoms with E-state index in [9.17, 15) is 13.6 Å². The number of hydrogen-bond acceptors (Lipinski definition) is 8. The van der Waals surface area contributed by atoms with Crippen molar-refractivity contribution in [1.29, 1.82) is 0 Å². The van der Waals surface area contributed by atoms with Crippen molar-refractivity contribution >= 4 is 39.5 Å². The molecular formula is C31H33ClF3N5O4. The third-order valence-electron chi connectivity index (χ3n) is 8.32. The molecule has 0 spiro atoms. The highest BCUT2D eigenvalue weighted by Crippen LogP contribution is 2.41. The molecule has 3 aliphatic rings. The van der Waals surface area contributed by atoms with Gasteiger partial charge in [0.05, 0.1) is 29.8 Å². The van der Waals surface area contributed by atoms with Gasteiger partial charge < -0.3 is 24.1 Å². The SMILES string of the molecule is C#CO.CC1CN(C2COC2)CCC1(F)c1cc(Cl)c[nH]c1=O.FC(F)c1nc(N2CCCC2)c2oc3ccccc3c2n1. The average Bonchev–Trinajstić information content (AvgIpc) is 3.64. The summed E-state index contributed by atoms with van der Waals surface area (Å²) < 4.78 is 52.6. The zero-order chi connectivity index (χ0) is 31.4. The summed E-state index contributed by atoms with van der Waals surface area (Å²) in [5.41, 5.74) is -0.222. The minimum Gasteiger partial charge on any atom is -0.462 e. The first-order chi connectivity index (χ1) is 21.2. The molecule has 3 aromatic heterocycles. The third-order valence-corrected chi connectivity index (χ3v) is 8.54. The lowest BCUT2D eigenvalue weighted by atomic mass is 9.78. The quantitative estimate of drug-likeness (QED) is 0.272. The number of likely N-dealkylation sites (tertiary alicyclic amines) is 1. The number of anilines is 1. The van der Waals surface area contributed by atoms with E-state index in [4.69, 9.17) is 25.9 Å². The number of nitrogens with one attached hydrogen (secondary N) is 1. The van der Waals surface area contributed by atoms with Gasteiger partial charge >= 0.3 is 0 Å². The number of terminal acetylenes is 1.